The zero-order valence-electron chi connectivity index (χ0n) is 12.4. The summed E-state index contributed by atoms with van der Waals surface area (Å²) in [5.74, 6) is -0.493. The molecular weight excluding hydrogens is 359 g/mol. The maximum absolute atomic E-state index is 13.1. The van der Waals surface area contributed by atoms with Crippen molar-refractivity contribution in [1.82, 2.24) is 4.72 Å². The van der Waals surface area contributed by atoms with Gasteiger partial charge in [0.1, 0.15) is 5.82 Å². The molecule has 0 saturated heterocycles. The number of halogens is 2. The molecule has 1 aromatic rings. The van der Waals surface area contributed by atoms with E-state index in [1.54, 1.807) is 0 Å². The molecule has 0 radical (unpaired) electrons. The minimum atomic E-state index is -3.75. The van der Waals surface area contributed by atoms with E-state index in [0.717, 1.165) is 12.1 Å². The molecule has 0 bridgehead atoms. The highest BCUT2D eigenvalue weighted by Crippen LogP contribution is 2.53. The van der Waals surface area contributed by atoms with E-state index in [-0.39, 0.29) is 32.3 Å². The predicted molar refractivity (Wildman–Crippen MR) is 83.7 cm³/mol. The first kappa shape index (κ1) is 16.9. The molecule has 1 aliphatic carbocycles. The van der Waals surface area contributed by atoms with Gasteiger partial charge >= 0.3 is 0 Å². The van der Waals surface area contributed by atoms with Gasteiger partial charge in [0, 0.05) is 16.6 Å². The van der Waals surface area contributed by atoms with Gasteiger partial charge in [0.15, 0.2) is 0 Å². The number of nitrogens with one attached hydrogen (secondary N) is 1. The van der Waals surface area contributed by atoms with Crippen molar-refractivity contribution >= 4 is 26.0 Å². The summed E-state index contributed by atoms with van der Waals surface area (Å²) >= 11 is 3.10. The number of hydrogen-bond donors (Lipinski definition) is 2. The lowest BCUT2D eigenvalue weighted by molar-refractivity contribution is -0.0593. The molecule has 2 rings (SSSR count). The molecule has 3 N–H and O–H groups in total. The highest BCUT2D eigenvalue weighted by molar-refractivity contribution is 9.10. The van der Waals surface area contributed by atoms with E-state index in [0.29, 0.717) is 0 Å². The van der Waals surface area contributed by atoms with E-state index in [9.17, 15) is 12.8 Å². The van der Waals surface area contributed by atoms with Crippen molar-refractivity contribution in [2.24, 2.45) is 16.6 Å². The van der Waals surface area contributed by atoms with E-state index in [4.69, 9.17) is 5.73 Å². The average Bonchev–Trinajstić information content (AvgIpc) is 2.34. The molecule has 0 unspecified atom stereocenters. The molecule has 0 spiro atoms. The van der Waals surface area contributed by atoms with Crippen LogP contribution in [0.25, 0.3) is 0 Å². The molecule has 1 saturated carbocycles. The van der Waals surface area contributed by atoms with E-state index >= 15 is 0 Å². The van der Waals surface area contributed by atoms with Crippen molar-refractivity contribution in [1.29, 1.82) is 0 Å². The summed E-state index contributed by atoms with van der Waals surface area (Å²) in [6.45, 7) is 7.76. The molecule has 1 fully saturated rings. The van der Waals surface area contributed by atoms with E-state index < -0.39 is 15.8 Å². The van der Waals surface area contributed by atoms with Gasteiger partial charge in [-0.05, 0) is 45.0 Å². The lowest BCUT2D eigenvalue weighted by atomic mass is 9.49. The molecule has 0 aliphatic heterocycles. The highest BCUT2D eigenvalue weighted by atomic mass is 79.9. The Morgan fingerprint density at radius 3 is 2.24 bits per heavy atom. The Kier molecular flexibility index (Phi) is 4.02. The summed E-state index contributed by atoms with van der Waals surface area (Å²) in [4.78, 5) is 0.0240. The summed E-state index contributed by atoms with van der Waals surface area (Å²) in [7, 11) is -3.75. The number of sulfonamides is 1. The maximum Gasteiger partial charge on any atom is 0.241 e. The minimum absolute atomic E-state index is 0.0240. The van der Waals surface area contributed by atoms with Crippen molar-refractivity contribution in [2.75, 3.05) is 0 Å². The van der Waals surface area contributed by atoms with Crippen molar-refractivity contribution in [3.8, 4) is 0 Å². The topological polar surface area (TPSA) is 72.2 Å². The van der Waals surface area contributed by atoms with Crippen LogP contribution in [0.3, 0.4) is 0 Å². The molecule has 0 heterocycles. The third-order valence-electron chi connectivity index (χ3n) is 4.55. The van der Waals surface area contributed by atoms with E-state index in [2.05, 4.69) is 20.7 Å². The Hall–Kier alpha value is -0.500. The quantitative estimate of drug-likeness (QED) is 0.848. The minimum Gasteiger partial charge on any atom is -0.327 e. The summed E-state index contributed by atoms with van der Waals surface area (Å²) in [5.41, 5.74) is 5.45. The van der Waals surface area contributed by atoms with Gasteiger partial charge in [-0.3, -0.25) is 0 Å². The summed E-state index contributed by atoms with van der Waals surface area (Å²) in [6.07, 6.45) is 0. The van der Waals surface area contributed by atoms with Crippen LogP contribution < -0.4 is 10.5 Å². The molecule has 1 aliphatic rings. The van der Waals surface area contributed by atoms with Gasteiger partial charge in [-0.15, -0.1) is 0 Å². The fourth-order valence-corrected chi connectivity index (χ4v) is 5.99. The lowest BCUT2D eigenvalue weighted by Crippen LogP contribution is -2.75. The molecule has 1 aromatic carbocycles. The van der Waals surface area contributed by atoms with Crippen molar-refractivity contribution < 1.29 is 12.8 Å². The Balaban J connectivity index is 2.34. The smallest absolute Gasteiger partial charge is 0.241 e. The SMILES string of the molecule is CC1(C)C(N)C(C)(C)C1NS(=O)(=O)c1ccc(F)cc1Br. The van der Waals surface area contributed by atoms with Crippen molar-refractivity contribution in [3.05, 3.63) is 28.5 Å². The average molecular weight is 379 g/mol. The van der Waals surface area contributed by atoms with Crippen LogP contribution in [0.4, 0.5) is 4.39 Å². The van der Waals surface area contributed by atoms with Crippen LogP contribution in [0.5, 0.6) is 0 Å². The second kappa shape index (κ2) is 5.01. The van der Waals surface area contributed by atoms with E-state index in [1.165, 1.54) is 6.07 Å². The standard InChI is InChI=1S/C14H20BrFN2O2S/c1-13(2)11(17)14(3,4)12(13)18-21(19,20)10-6-5-8(16)7-9(10)15/h5-7,11-12,18H,17H2,1-4H3. The van der Waals surface area contributed by atoms with Gasteiger partial charge in [-0.1, -0.05) is 27.7 Å². The van der Waals surface area contributed by atoms with Gasteiger partial charge in [0.25, 0.3) is 0 Å². The largest absolute Gasteiger partial charge is 0.327 e. The molecule has 7 heteroatoms. The van der Waals surface area contributed by atoms with Crippen LogP contribution >= 0.6 is 15.9 Å². The number of rotatable bonds is 3. The fraction of sp³-hybridized carbons (Fsp3) is 0.571. The molecule has 118 valence electrons. The molecule has 0 atom stereocenters. The number of hydrogen-bond acceptors (Lipinski definition) is 3. The zero-order chi connectivity index (χ0) is 16.2. The van der Waals surface area contributed by atoms with Gasteiger partial charge < -0.3 is 5.73 Å². The first-order valence-electron chi connectivity index (χ1n) is 6.63. The van der Waals surface area contributed by atoms with Crippen LogP contribution in [-0.4, -0.2) is 20.5 Å². The Morgan fingerprint density at radius 1 is 1.24 bits per heavy atom. The molecule has 21 heavy (non-hydrogen) atoms. The summed E-state index contributed by atoms with van der Waals surface area (Å²) in [5, 5.41) is 0. The van der Waals surface area contributed by atoms with Crippen LogP contribution in [0.15, 0.2) is 27.6 Å². The Labute approximate surface area is 133 Å². The second-order valence-corrected chi connectivity index (χ2v) is 9.29. The normalized spacial score (nSPS) is 27.2. The maximum atomic E-state index is 13.1. The molecule has 0 aromatic heterocycles. The second-order valence-electron chi connectivity index (χ2n) is 6.75. The lowest BCUT2D eigenvalue weighted by Gasteiger charge is -2.62. The summed E-state index contributed by atoms with van der Waals surface area (Å²) < 4.78 is 41.1. The van der Waals surface area contributed by atoms with Crippen molar-refractivity contribution in [2.45, 2.75) is 44.7 Å². The monoisotopic (exact) mass is 378 g/mol. The van der Waals surface area contributed by atoms with Gasteiger partial charge in [0.05, 0.1) is 4.90 Å². The first-order valence-corrected chi connectivity index (χ1v) is 8.91. The zero-order valence-corrected chi connectivity index (χ0v) is 14.8. The Bertz CT molecular complexity index is 658. The van der Waals surface area contributed by atoms with Gasteiger partial charge in [-0.25, -0.2) is 17.5 Å². The Morgan fingerprint density at radius 2 is 1.76 bits per heavy atom. The predicted octanol–water partition coefficient (Wildman–Crippen LogP) is 2.63. The molecule has 4 nitrogen and oxygen atoms in total. The third-order valence-corrected chi connectivity index (χ3v) is 6.95. The molecular formula is C14H20BrFN2O2S. The number of benzene rings is 1. The van der Waals surface area contributed by atoms with Gasteiger partial charge in [0.2, 0.25) is 10.0 Å². The van der Waals surface area contributed by atoms with Crippen molar-refractivity contribution in [3.63, 3.8) is 0 Å². The fourth-order valence-electron chi connectivity index (χ4n) is 3.40. The highest BCUT2D eigenvalue weighted by Gasteiger charge is 2.61. The van der Waals surface area contributed by atoms with Crippen LogP contribution in [0.1, 0.15) is 27.7 Å². The third kappa shape index (κ3) is 2.65. The van der Waals surface area contributed by atoms with Crippen LogP contribution in [0.2, 0.25) is 0 Å². The first-order chi connectivity index (χ1) is 9.40. The van der Waals surface area contributed by atoms with E-state index in [1.807, 2.05) is 27.7 Å². The number of nitrogens with two attached hydrogens (primary N) is 1. The van der Waals surface area contributed by atoms with Crippen LogP contribution in [0, 0.1) is 16.6 Å². The van der Waals surface area contributed by atoms with Crippen LogP contribution in [-0.2, 0) is 10.0 Å². The van der Waals surface area contributed by atoms with Gasteiger partial charge in [-0.2, -0.15) is 0 Å². The molecule has 0 amide bonds. The summed E-state index contributed by atoms with van der Waals surface area (Å²) in [6, 6.07) is 3.12.